The lowest BCUT2D eigenvalue weighted by molar-refractivity contribution is -0.146. The van der Waals surface area contributed by atoms with Crippen molar-refractivity contribution >= 4 is 16.8 Å². The molecule has 0 saturated heterocycles. The van der Waals surface area contributed by atoms with Gasteiger partial charge in [0.05, 0.1) is 5.56 Å². The lowest BCUT2D eigenvalue weighted by atomic mass is 10.1. The van der Waals surface area contributed by atoms with E-state index in [1.807, 2.05) is 0 Å². The largest absolute Gasteiger partial charge is 0.417 e. The summed E-state index contributed by atoms with van der Waals surface area (Å²) in [6, 6.07) is 0. The molecule has 5 nitrogen and oxygen atoms in total. The maximum absolute atomic E-state index is 13.2. The molecular formula is C13H14F7N3O2S. The Morgan fingerprint density at radius 3 is 2.38 bits per heavy atom. The molecule has 0 N–H and O–H groups in total. The Labute approximate surface area is 147 Å². The van der Waals surface area contributed by atoms with Gasteiger partial charge in [-0.3, -0.25) is 0 Å². The third kappa shape index (κ3) is 5.42. The molecule has 0 aromatic carbocycles. The van der Waals surface area contributed by atoms with E-state index in [0.29, 0.717) is 11.5 Å². The average molecular weight is 409 g/mol. The third-order valence-electron chi connectivity index (χ3n) is 3.12. The van der Waals surface area contributed by atoms with Crippen LogP contribution in [0.3, 0.4) is 0 Å². The summed E-state index contributed by atoms with van der Waals surface area (Å²) in [4.78, 5) is 5.08. The second-order valence-electron chi connectivity index (χ2n) is 5.92. The molecule has 0 atom stereocenters. The first kappa shape index (κ1) is 20.6. The molecule has 2 heterocycles. The van der Waals surface area contributed by atoms with Crippen LogP contribution in [0.25, 0.3) is 0 Å². The second-order valence-corrected chi connectivity index (χ2v) is 6.97. The molecule has 26 heavy (non-hydrogen) atoms. The molecule has 0 fully saturated rings. The van der Waals surface area contributed by atoms with Crippen LogP contribution in [0.2, 0.25) is 0 Å². The summed E-state index contributed by atoms with van der Waals surface area (Å²) in [5.74, 6) is -1.42. The molecular weight excluding hydrogens is 395 g/mol. The van der Waals surface area contributed by atoms with Gasteiger partial charge in [-0.2, -0.15) is 27.1 Å². The number of nitrogens with zero attached hydrogens (tertiary/aromatic N) is 3. The number of hydrogen-bond donors (Lipinski definition) is 0. The Balaban J connectivity index is 2.31. The van der Waals surface area contributed by atoms with Crippen molar-refractivity contribution in [2.45, 2.75) is 57.4 Å². The smallest absolute Gasteiger partial charge is 0.408 e. The molecule has 0 bridgehead atoms. The van der Waals surface area contributed by atoms with Crippen LogP contribution in [0.4, 0.5) is 30.7 Å². The van der Waals surface area contributed by atoms with Crippen LogP contribution < -0.4 is 4.74 Å². The van der Waals surface area contributed by atoms with Crippen LogP contribution >= 0.6 is 11.8 Å². The van der Waals surface area contributed by atoms with E-state index in [9.17, 15) is 30.7 Å². The van der Waals surface area contributed by atoms with Crippen LogP contribution in [0, 0.1) is 0 Å². The van der Waals surface area contributed by atoms with Crippen molar-refractivity contribution in [3.8, 4) is 5.88 Å². The van der Waals surface area contributed by atoms with Crippen molar-refractivity contribution in [2.24, 2.45) is 5.16 Å². The highest BCUT2D eigenvalue weighted by Crippen LogP contribution is 2.37. The number of thioether (sulfide) groups is 1. The Hall–Kier alpha value is -1.66. The predicted molar refractivity (Wildman–Crippen MR) is 78.4 cm³/mol. The highest BCUT2D eigenvalue weighted by atomic mass is 32.2. The molecule has 0 aliphatic carbocycles. The van der Waals surface area contributed by atoms with Gasteiger partial charge in [0, 0.05) is 12.2 Å². The molecule has 2 rings (SSSR count). The van der Waals surface area contributed by atoms with Gasteiger partial charge in [-0.05, 0) is 13.8 Å². The van der Waals surface area contributed by atoms with Gasteiger partial charge >= 0.3 is 12.8 Å². The predicted octanol–water partition coefficient (Wildman–Crippen LogP) is 4.73. The lowest BCUT2D eigenvalue weighted by Gasteiger charge is -2.13. The molecule has 0 spiro atoms. The van der Waals surface area contributed by atoms with Crippen molar-refractivity contribution in [3.63, 3.8) is 0 Å². The van der Waals surface area contributed by atoms with Gasteiger partial charge < -0.3 is 9.57 Å². The van der Waals surface area contributed by atoms with Gasteiger partial charge in [0.1, 0.15) is 22.9 Å². The fourth-order valence-corrected chi connectivity index (χ4v) is 3.26. The first-order valence-corrected chi connectivity index (χ1v) is 8.13. The van der Waals surface area contributed by atoms with Crippen molar-refractivity contribution in [3.05, 3.63) is 11.3 Å². The van der Waals surface area contributed by atoms with Crippen LogP contribution in [0.5, 0.6) is 5.88 Å². The number of alkyl halides is 7. The lowest BCUT2D eigenvalue weighted by Crippen LogP contribution is -2.20. The SMILES string of the molecule is CC1(C)CC(SCc2c(C(F)F)nn(CC(F)(F)F)c2OC(F)F)=NO1. The van der Waals surface area contributed by atoms with E-state index in [1.165, 1.54) is 0 Å². The van der Waals surface area contributed by atoms with Gasteiger partial charge in [0.2, 0.25) is 5.88 Å². The Kier molecular flexibility index (Phi) is 5.98. The van der Waals surface area contributed by atoms with E-state index in [2.05, 4.69) is 15.0 Å². The zero-order valence-electron chi connectivity index (χ0n) is 13.5. The molecule has 148 valence electrons. The van der Waals surface area contributed by atoms with Crippen molar-refractivity contribution in [1.29, 1.82) is 0 Å². The Bertz CT molecular complexity index is 673. The minimum atomic E-state index is -4.86. The van der Waals surface area contributed by atoms with Crippen LogP contribution in [0.15, 0.2) is 5.16 Å². The van der Waals surface area contributed by atoms with E-state index in [-0.39, 0.29) is 10.4 Å². The van der Waals surface area contributed by atoms with Gasteiger partial charge in [-0.15, -0.1) is 11.8 Å². The fraction of sp³-hybridized carbons (Fsp3) is 0.692. The third-order valence-corrected chi connectivity index (χ3v) is 4.11. The molecule has 0 unspecified atom stereocenters. The molecule has 0 saturated carbocycles. The second kappa shape index (κ2) is 7.53. The molecule has 0 amide bonds. The van der Waals surface area contributed by atoms with Gasteiger partial charge in [-0.25, -0.2) is 13.5 Å². The van der Waals surface area contributed by atoms with E-state index in [4.69, 9.17) is 4.84 Å². The summed E-state index contributed by atoms with van der Waals surface area (Å²) in [6.45, 7) is -1.89. The normalized spacial score (nSPS) is 17.0. The maximum atomic E-state index is 13.2. The number of aromatic nitrogens is 2. The van der Waals surface area contributed by atoms with Crippen molar-refractivity contribution in [1.82, 2.24) is 9.78 Å². The quantitative estimate of drug-likeness (QED) is 0.638. The topological polar surface area (TPSA) is 48.6 Å². The highest BCUT2D eigenvalue weighted by Gasteiger charge is 2.35. The molecule has 1 aromatic heterocycles. The summed E-state index contributed by atoms with van der Waals surface area (Å²) >= 11 is 0.876. The maximum Gasteiger partial charge on any atom is 0.408 e. The first-order valence-electron chi connectivity index (χ1n) is 7.15. The summed E-state index contributed by atoms with van der Waals surface area (Å²) in [6.07, 6.45) is -7.79. The van der Waals surface area contributed by atoms with Gasteiger partial charge in [-0.1, -0.05) is 5.16 Å². The average Bonchev–Trinajstić information content (AvgIpc) is 2.96. The molecule has 1 aliphatic heterocycles. The van der Waals surface area contributed by atoms with Crippen molar-refractivity contribution in [2.75, 3.05) is 0 Å². The molecule has 1 aliphatic rings. The van der Waals surface area contributed by atoms with E-state index in [0.717, 1.165) is 11.8 Å². The van der Waals surface area contributed by atoms with Crippen LogP contribution in [-0.2, 0) is 17.1 Å². The standard InChI is InChI=1S/C13H14F7N3O2S/c1-12(2)3-7(22-25-12)26-4-6-8(9(14)15)21-23(5-13(18,19)20)10(6)24-11(16)17/h9,11H,3-5H2,1-2H3. The molecule has 0 radical (unpaired) electrons. The van der Waals surface area contributed by atoms with Gasteiger partial charge in [0.25, 0.3) is 6.43 Å². The zero-order chi connectivity index (χ0) is 19.7. The molecule has 13 heteroatoms. The van der Waals surface area contributed by atoms with Crippen LogP contribution in [0.1, 0.15) is 38.0 Å². The monoisotopic (exact) mass is 409 g/mol. The summed E-state index contributed by atoms with van der Waals surface area (Å²) in [7, 11) is 0. The van der Waals surface area contributed by atoms with Crippen molar-refractivity contribution < 1.29 is 40.3 Å². The van der Waals surface area contributed by atoms with Crippen LogP contribution in [-0.4, -0.2) is 33.2 Å². The highest BCUT2D eigenvalue weighted by molar-refractivity contribution is 8.13. The summed E-state index contributed by atoms with van der Waals surface area (Å²) < 4.78 is 93.3. The first-order chi connectivity index (χ1) is 11.9. The number of halogens is 7. The summed E-state index contributed by atoms with van der Waals surface area (Å²) in [5.41, 5.74) is -2.20. The minimum absolute atomic E-state index is 0.0273. The number of oxime groups is 1. The van der Waals surface area contributed by atoms with E-state index >= 15 is 0 Å². The number of hydrogen-bond acceptors (Lipinski definition) is 5. The number of ether oxygens (including phenoxy) is 1. The fourth-order valence-electron chi connectivity index (χ4n) is 2.14. The van der Waals surface area contributed by atoms with E-state index in [1.54, 1.807) is 13.8 Å². The minimum Gasteiger partial charge on any atom is -0.417 e. The Morgan fingerprint density at radius 1 is 1.27 bits per heavy atom. The van der Waals surface area contributed by atoms with E-state index < -0.39 is 48.5 Å². The number of rotatable bonds is 6. The summed E-state index contributed by atoms with van der Waals surface area (Å²) in [5, 5.41) is 7.25. The molecule has 1 aromatic rings. The zero-order valence-corrected chi connectivity index (χ0v) is 14.3. The Morgan fingerprint density at radius 2 is 1.92 bits per heavy atom. The van der Waals surface area contributed by atoms with Gasteiger partial charge in [0.15, 0.2) is 0 Å².